The fourth-order valence-electron chi connectivity index (χ4n) is 1.21. The van der Waals surface area contributed by atoms with Gasteiger partial charge < -0.3 is 0 Å². The first-order valence-electron chi connectivity index (χ1n) is 4.67. The lowest BCUT2D eigenvalue weighted by Crippen LogP contribution is -2.18. The number of anilines is 1. The summed E-state index contributed by atoms with van der Waals surface area (Å²) in [5, 5.41) is 10.7. The summed E-state index contributed by atoms with van der Waals surface area (Å²) in [4.78, 5) is 10.1. The minimum Gasteiger partial charge on any atom is -0.277 e. The van der Waals surface area contributed by atoms with Crippen LogP contribution >= 0.6 is 11.6 Å². The summed E-state index contributed by atoms with van der Waals surface area (Å²) >= 11 is 5.33. The molecule has 0 spiro atoms. The number of rotatable bonds is 5. The van der Waals surface area contributed by atoms with E-state index >= 15 is 0 Å². The van der Waals surface area contributed by atoms with E-state index in [9.17, 15) is 18.5 Å². The Balaban J connectivity index is 3.13. The van der Waals surface area contributed by atoms with E-state index in [0.29, 0.717) is 0 Å². The van der Waals surface area contributed by atoms with Gasteiger partial charge in [0.15, 0.2) is 0 Å². The molecule has 0 saturated carbocycles. The predicted octanol–water partition coefficient (Wildman–Crippen LogP) is 1.88. The van der Waals surface area contributed by atoms with Gasteiger partial charge in [-0.3, -0.25) is 14.8 Å². The van der Waals surface area contributed by atoms with Crippen molar-refractivity contribution in [3.05, 3.63) is 33.9 Å². The maximum atomic E-state index is 11.5. The second-order valence-corrected chi connectivity index (χ2v) is 5.61. The highest BCUT2D eigenvalue weighted by molar-refractivity contribution is 7.92. The van der Waals surface area contributed by atoms with Crippen molar-refractivity contribution in [3.8, 4) is 0 Å². The molecule has 0 fully saturated rings. The Kier molecular flexibility index (Phi) is 4.30. The monoisotopic (exact) mass is 278 g/mol. The van der Waals surface area contributed by atoms with E-state index in [4.69, 9.17) is 11.6 Å². The first-order chi connectivity index (χ1) is 7.85. The average Bonchev–Trinajstić information content (AvgIpc) is 2.15. The average molecular weight is 279 g/mol. The van der Waals surface area contributed by atoms with Crippen molar-refractivity contribution >= 4 is 33.0 Å². The SMILES string of the molecule is Cc1ccc([N+](=O)[O-])c(NS(=O)(=O)CCCl)c1. The lowest BCUT2D eigenvalue weighted by molar-refractivity contribution is -0.383. The Morgan fingerprint density at radius 2 is 2.12 bits per heavy atom. The molecule has 0 heterocycles. The molecule has 6 nitrogen and oxygen atoms in total. The number of sulfonamides is 1. The molecule has 1 aromatic carbocycles. The minimum absolute atomic E-state index is 0.0416. The van der Waals surface area contributed by atoms with Crippen LogP contribution in [0.5, 0.6) is 0 Å². The zero-order valence-corrected chi connectivity index (χ0v) is 10.6. The van der Waals surface area contributed by atoms with E-state index in [2.05, 4.69) is 4.72 Å². The highest BCUT2D eigenvalue weighted by Gasteiger charge is 2.18. The number of nitrogens with zero attached hydrogens (tertiary/aromatic N) is 1. The van der Waals surface area contributed by atoms with Gasteiger partial charge in [0.2, 0.25) is 10.0 Å². The van der Waals surface area contributed by atoms with Crippen molar-refractivity contribution in [2.24, 2.45) is 0 Å². The third-order valence-electron chi connectivity index (χ3n) is 1.96. The van der Waals surface area contributed by atoms with Crippen LogP contribution in [0, 0.1) is 17.0 Å². The van der Waals surface area contributed by atoms with Gasteiger partial charge in [0.25, 0.3) is 5.69 Å². The summed E-state index contributed by atoms with van der Waals surface area (Å²) in [6.45, 7) is 1.71. The summed E-state index contributed by atoms with van der Waals surface area (Å²) in [7, 11) is -3.64. The molecular formula is C9H11ClN2O4S. The zero-order valence-electron chi connectivity index (χ0n) is 9.01. The standard InChI is InChI=1S/C9H11ClN2O4S/c1-7-2-3-9(12(13)14)8(6-7)11-17(15,16)5-4-10/h2-3,6,11H,4-5H2,1H3. The lowest BCUT2D eigenvalue weighted by Gasteiger charge is -2.07. The highest BCUT2D eigenvalue weighted by Crippen LogP contribution is 2.26. The quantitative estimate of drug-likeness (QED) is 0.506. The molecule has 0 atom stereocenters. The number of nitro benzene ring substituents is 1. The van der Waals surface area contributed by atoms with E-state index in [0.717, 1.165) is 5.56 Å². The van der Waals surface area contributed by atoms with Crippen molar-refractivity contribution in [1.29, 1.82) is 0 Å². The summed E-state index contributed by atoms with van der Waals surface area (Å²) in [5.74, 6) is -0.366. The van der Waals surface area contributed by atoms with E-state index in [1.165, 1.54) is 18.2 Å². The third kappa shape index (κ3) is 3.86. The maximum Gasteiger partial charge on any atom is 0.293 e. The topological polar surface area (TPSA) is 89.3 Å². The smallest absolute Gasteiger partial charge is 0.277 e. The van der Waals surface area contributed by atoms with Crippen molar-refractivity contribution in [2.45, 2.75) is 6.92 Å². The molecule has 0 bridgehead atoms. The van der Waals surface area contributed by atoms with Crippen LogP contribution in [0.1, 0.15) is 5.56 Å². The number of nitrogens with one attached hydrogen (secondary N) is 1. The Bertz CT molecular complexity index is 530. The molecule has 0 radical (unpaired) electrons. The fourth-order valence-corrected chi connectivity index (χ4v) is 2.62. The summed E-state index contributed by atoms with van der Waals surface area (Å²) in [6, 6.07) is 4.20. The summed E-state index contributed by atoms with van der Waals surface area (Å²) in [5.41, 5.74) is 0.396. The van der Waals surface area contributed by atoms with Crippen LogP contribution in [0.2, 0.25) is 0 Å². The first-order valence-corrected chi connectivity index (χ1v) is 6.86. The van der Waals surface area contributed by atoms with Crippen LogP contribution in [0.25, 0.3) is 0 Å². The molecule has 8 heteroatoms. The molecule has 0 amide bonds. The molecule has 0 saturated heterocycles. The minimum atomic E-state index is -3.64. The molecule has 0 aliphatic carbocycles. The Morgan fingerprint density at radius 3 is 2.65 bits per heavy atom. The van der Waals surface area contributed by atoms with Crippen LogP contribution in [0.15, 0.2) is 18.2 Å². The summed E-state index contributed by atoms with van der Waals surface area (Å²) < 4.78 is 25.1. The van der Waals surface area contributed by atoms with E-state index in [1.54, 1.807) is 6.92 Å². The highest BCUT2D eigenvalue weighted by atomic mass is 35.5. The van der Waals surface area contributed by atoms with Crippen molar-refractivity contribution in [1.82, 2.24) is 0 Å². The predicted molar refractivity (Wildman–Crippen MR) is 66.0 cm³/mol. The molecule has 0 aliphatic heterocycles. The molecule has 94 valence electrons. The van der Waals surface area contributed by atoms with Gasteiger partial charge in [-0.1, -0.05) is 6.07 Å². The van der Waals surface area contributed by atoms with Crippen LogP contribution in [0.3, 0.4) is 0 Å². The van der Waals surface area contributed by atoms with Gasteiger partial charge in [0.05, 0.1) is 10.7 Å². The molecule has 1 rings (SSSR count). The largest absolute Gasteiger partial charge is 0.293 e. The number of nitro groups is 1. The number of halogens is 1. The number of hydrogen-bond donors (Lipinski definition) is 1. The molecule has 0 aliphatic rings. The van der Waals surface area contributed by atoms with Gasteiger partial charge >= 0.3 is 0 Å². The Labute approximate surface area is 104 Å². The number of benzene rings is 1. The molecule has 1 aromatic rings. The summed E-state index contributed by atoms with van der Waals surface area (Å²) in [6.07, 6.45) is 0. The van der Waals surface area contributed by atoms with Crippen LogP contribution in [0.4, 0.5) is 11.4 Å². The molecule has 0 aromatic heterocycles. The van der Waals surface area contributed by atoms with Gasteiger partial charge in [-0.15, -0.1) is 11.6 Å². The van der Waals surface area contributed by atoms with Crippen LogP contribution in [-0.2, 0) is 10.0 Å². The Morgan fingerprint density at radius 1 is 1.47 bits per heavy atom. The Hall–Kier alpha value is -1.34. The van der Waals surface area contributed by atoms with Crippen molar-refractivity contribution < 1.29 is 13.3 Å². The second-order valence-electron chi connectivity index (χ2n) is 3.39. The van der Waals surface area contributed by atoms with Gasteiger partial charge in [-0.2, -0.15) is 0 Å². The fraction of sp³-hybridized carbons (Fsp3) is 0.333. The second kappa shape index (κ2) is 5.33. The van der Waals surface area contributed by atoms with Gasteiger partial charge in [0, 0.05) is 11.9 Å². The van der Waals surface area contributed by atoms with Crippen LogP contribution < -0.4 is 4.72 Å². The molecular weight excluding hydrogens is 268 g/mol. The molecule has 1 N–H and O–H groups in total. The first kappa shape index (κ1) is 13.7. The number of aryl methyl sites for hydroxylation is 1. The number of alkyl halides is 1. The van der Waals surface area contributed by atoms with Crippen molar-refractivity contribution in [3.63, 3.8) is 0 Å². The molecule has 0 unspecified atom stereocenters. The van der Waals surface area contributed by atoms with E-state index in [1.807, 2.05) is 0 Å². The normalized spacial score (nSPS) is 11.2. The zero-order chi connectivity index (χ0) is 13.1. The lowest BCUT2D eigenvalue weighted by atomic mass is 10.2. The van der Waals surface area contributed by atoms with Crippen LogP contribution in [-0.4, -0.2) is 25.0 Å². The third-order valence-corrected chi connectivity index (χ3v) is 3.65. The van der Waals surface area contributed by atoms with E-state index in [-0.39, 0.29) is 23.0 Å². The number of hydrogen-bond acceptors (Lipinski definition) is 4. The van der Waals surface area contributed by atoms with E-state index < -0.39 is 14.9 Å². The molecule has 17 heavy (non-hydrogen) atoms. The van der Waals surface area contributed by atoms with Gasteiger partial charge in [-0.05, 0) is 18.6 Å². The van der Waals surface area contributed by atoms with Gasteiger partial charge in [-0.25, -0.2) is 8.42 Å². The van der Waals surface area contributed by atoms with Gasteiger partial charge in [0.1, 0.15) is 5.69 Å². The maximum absolute atomic E-state index is 11.5. The van der Waals surface area contributed by atoms with Crippen molar-refractivity contribution in [2.75, 3.05) is 16.4 Å².